The highest BCUT2D eigenvalue weighted by Gasteiger charge is 2.36. The van der Waals surface area contributed by atoms with E-state index in [1.165, 1.54) is 19.0 Å². The lowest BCUT2D eigenvalue weighted by Crippen LogP contribution is -2.14. The van der Waals surface area contributed by atoms with Gasteiger partial charge < -0.3 is 14.6 Å². The molecule has 1 aromatic heterocycles. The molecule has 1 saturated carbocycles. The number of benzene rings is 1. The molecule has 1 aliphatic rings. The first-order valence-corrected chi connectivity index (χ1v) is 8.98. The van der Waals surface area contributed by atoms with Crippen molar-refractivity contribution in [2.24, 2.45) is 5.92 Å². The first kappa shape index (κ1) is 20.0. The first-order valence-electron chi connectivity index (χ1n) is 8.98. The van der Waals surface area contributed by atoms with Crippen LogP contribution in [0, 0.1) is 5.92 Å². The summed E-state index contributed by atoms with van der Waals surface area (Å²) in [5.74, 6) is -0.666. The van der Waals surface area contributed by atoms with Crippen LogP contribution < -0.4 is 9.47 Å². The van der Waals surface area contributed by atoms with Crippen molar-refractivity contribution in [3.05, 3.63) is 53.3 Å². The Bertz CT molecular complexity index is 832. The van der Waals surface area contributed by atoms with Crippen LogP contribution in [0.4, 0.5) is 13.2 Å². The molecule has 8 heteroatoms. The second kappa shape index (κ2) is 8.08. The van der Waals surface area contributed by atoms with E-state index in [2.05, 4.69) is 4.98 Å². The quantitative estimate of drug-likeness (QED) is 0.672. The van der Waals surface area contributed by atoms with Crippen LogP contribution in [-0.4, -0.2) is 22.7 Å². The van der Waals surface area contributed by atoms with Gasteiger partial charge in [0.25, 0.3) is 0 Å². The minimum Gasteiger partial charge on any atom is -0.492 e. The van der Waals surface area contributed by atoms with E-state index in [1.807, 2.05) is 0 Å². The largest absolute Gasteiger partial charge is 0.492 e. The van der Waals surface area contributed by atoms with Crippen LogP contribution in [-0.2, 0) is 6.18 Å². The molecule has 1 aromatic carbocycles. The highest BCUT2D eigenvalue weighted by Crippen LogP contribution is 2.39. The number of alkyl halides is 3. The number of ether oxygens (including phenoxy) is 2. The lowest BCUT2D eigenvalue weighted by Gasteiger charge is -2.21. The van der Waals surface area contributed by atoms with Crippen molar-refractivity contribution in [1.82, 2.24) is 4.98 Å². The van der Waals surface area contributed by atoms with Crippen molar-refractivity contribution in [3.63, 3.8) is 0 Å². The molecule has 2 aromatic rings. The molecule has 0 unspecified atom stereocenters. The van der Waals surface area contributed by atoms with Crippen molar-refractivity contribution in [3.8, 4) is 11.5 Å². The molecule has 0 bridgehead atoms. The number of nitrogens with zero attached hydrogens (tertiary/aromatic N) is 1. The summed E-state index contributed by atoms with van der Waals surface area (Å²) < 4.78 is 51.2. The number of hydrogen-bond acceptors (Lipinski definition) is 4. The van der Waals surface area contributed by atoms with Crippen LogP contribution in [0.5, 0.6) is 11.5 Å². The number of halogens is 3. The molecule has 3 rings (SSSR count). The van der Waals surface area contributed by atoms with E-state index in [1.54, 1.807) is 19.1 Å². The van der Waals surface area contributed by atoms with E-state index < -0.39 is 35.1 Å². The fourth-order valence-corrected chi connectivity index (χ4v) is 2.66. The van der Waals surface area contributed by atoms with Crippen LogP contribution in [0.15, 0.2) is 36.5 Å². The van der Waals surface area contributed by atoms with Crippen LogP contribution in [0.1, 0.15) is 53.9 Å². The van der Waals surface area contributed by atoms with E-state index >= 15 is 0 Å². The molecule has 0 spiro atoms. The highest BCUT2D eigenvalue weighted by atomic mass is 19.4. The number of rotatable bonds is 8. The standard InChI is InChI=1S/C20H20F3NO4/c1-2-17(16-7-6-14(10-24-16)27-11-12-3-4-12)28-18-8-5-13(19(25)26)9-15(18)20(21,22)23/h5-10,12,17H,2-4,11H2,1H3,(H,25,26)/t17-/m1/s1. The summed E-state index contributed by atoms with van der Waals surface area (Å²) in [6.07, 6.45) is -1.21. The molecule has 1 atom stereocenters. The number of carbonyl (C=O) groups is 1. The van der Waals surface area contributed by atoms with E-state index in [4.69, 9.17) is 14.6 Å². The van der Waals surface area contributed by atoms with E-state index in [9.17, 15) is 18.0 Å². The van der Waals surface area contributed by atoms with Gasteiger partial charge in [-0.3, -0.25) is 4.98 Å². The Morgan fingerprint density at radius 3 is 2.57 bits per heavy atom. The third-order valence-corrected chi connectivity index (χ3v) is 4.44. The average Bonchev–Trinajstić information content (AvgIpc) is 3.48. The second-order valence-electron chi connectivity index (χ2n) is 6.70. The Balaban J connectivity index is 1.79. The van der Waals surface area contributed by atoms with Gasteiger partial charge in [0, 0.05) is 0 Å². The van der Waals surface area contributed by atoms with Gasteiger partial charge in [-0.15, -0.1) is 0 Å². The Kier molecular flexibility index (Phi) is 5.76. The normalized spacial score (nSPS) is 15.1. The Labute approximate surface area is 160 Å². The molecule has 1 N–H and O–H groups in total. The van der Waals surface area contributed by atoms with E-state index in [-0.39, 0.29) is 0 Å². The molecule has 0 aliphatic heterocycles. The fourth-order valence-electron chi connectivity index (χ4n) is 2.66. The molecule has 0 radical (unpaired) electrons. The van der Waals surface area contributed by atoms with Gasteiger partial charge in [-0.2, -0.15) is 13.2 Å². The maximum Gasteiger partial charge on any atom is 0.419 e. The number of aromatic nitrogens is 1. The molecule has 1 aliphatic carbocycles. The van der Waals surface area contributed by atoms with Crippen LogP contribution in [0.3, 0.4) is 0 Å². The SMILES string of the molecule is CC[C@@H](Oc1ccc(C(=O)O)cc1C(F)(F)F)c1ccc(OCC2CC2)cn1. The lowest BCUT2D eigenvalue weighted by atomic mass is 10.1. The Morgan fingerprint density at radius 1 is 1.29 bits per heavy atom. The summed E-state index contributed by atoms with van der Waals surface area (Å²) in [4.78, 5) is 15.2. The van der Waals surface area contributed by atoms with Crippen molar-refractivity contribution in [2.75, 3.05) is 6.61 Å². The molecule has 5 nitrogen and oxygen atoms in total. The van der Waals surface area contributed by atoms with Gasteiger partial charge in [-0.05, 0) is 55.5 Å². The molecule has 150 valence electrons. The average molecular weight is 395 g/mol. The molecular formula is C20H20F3NO4. The summed E-state index contributed by atoms with van der Waals surface area (Å²) in [6, 6.07) is 6.07. The highest BCUT2D eigenvalue weighted by molar-refractivity contribution is 5.88. The van der Waals surface area contributed by atoms with Gasteiger partial charge in [-0.25, -0.2) is 4.79 Å². The van der Waals surface area contributed by atoms with Crippen molar-refractivity contribution in [1.29, 1.82) is 0 Å². The van der Waals surface area contributed by atoms with Gasteiger partial charge in [0.05, 0.1) is 29.6 Å². The third-order valence-electron chi connectivity index (χ3n) is 4.44. The number of carboxylic acids is 1. The van der Waals surface area contributed by atoms with Gasteiger partial charge in [-0.1, -0.05) is 6.92 Å². The van der Waals surface area contributed by atoms with E-state index in [0.717, 1.165) is 12.1 Å². The number of hydrogen-bond donors (Lipinski definition) is 1. The monoisotopic (exact) mass is 395 g/mol. The zero-order chi connectivity index (χ0) is 20.3. The van der Waals surface area contributed by atoms with Crippen LogP contribution in [0.2, 0.25) is 0 Å². The summed E-state index contributed by atoms with van der Waals surface area (Å²) in [6.45, 7) is 2.41. The molecule has 1 fully saturated rings. The smallest absolute Gasteiger partial charge is 0.419 e. The third kappa shape index (κ3) is 4.94. The van der Waals surface area contributed by atoms with Gasteiger partial charge in [0.1, 0.15) is 17.6 Å². The molecule has 0 saturated heterocycles. The molecule has 1 heterocycles. The predicted molar refractivity (Wildman–Crippen MR) is 94.5 cm³/mol. The zero-order valence-electron chi connectivity index (χ0n) is 15.2. The van der Waals surface area contributed by atoms with Gasteiger partial charge >= 0.3 is 12.1 Å². The molecular weight excluding hydrogens is 375 g/mol. The summed E-state index contributed by atoms with van der Waals surface area (Å²) in [5.41, 5.74) is -1.12. The minimum atomic E-state index is -4.74. The number of aromatic carboxylic acids is 1. The maximum atomic E-state index is 13.4. The van der Waals surface area contributed by atoms with Crippen LogP contribution in [0.25, 0.3) is 0 Å². The van der Waals surface area contributed by atoms with Gasteiger partial charge in [0.15, 0.2) is 0 Å². The van der Waals surface area contributed by atoms with Crippen molar-refractivity contribution in [2.45, 2.75) is 38.5 Å². The first-order chi connectivity index (χ1) is 13.3. The summed E-state index contributed by atoms with van der Waals surface area (Å²) >= 11 is 0. The number of pyridine rings is 1. The Hall–Kier alpha value is -2.77. The maximum absolute atomic E-state index is 13.4. The molecule has 0 amide bonds. The predicted octanol–water partition coefficient (Wildman–Crippen LogP) is 5.12. The summed E-state index contributed by atoms with van der Waals surface area (Å²) in [7, 11) is 0. The lowest BCUT2D eigenvalue weighted by molar-refractivity contribution is -0.139. The molecule has 28 heavy (non-hydrogen) atoms. The van der Waals surface area contributed by atoms with Crippen molar-refractivity contribution >= 4 is 5.97 Å². The minimum absolute atomic E-state index is 0.382. The zero-order valence-corrected chi connectivity index (χ0v) is 15.2. The number of carboxylic acid groups (broad SMARTS) is 1. The topological polar surface area (TPSA) is 68.7 Å². The Morgan fingerprint density at radius 2 is 2.04 bits per heavy atom. The van der Waals surface area contributed by atoms with Crippen LogP contribution >= 0.6 is 0 Å². The van der Waals surface area contributed by atoms with Gasteiger partial charge in [0.2, 0.25) is 0 Å². The fraction of sp³-hybridized carbons (Fsp3) is 0.400. The van der Waals surface area contributed by atoms with E-state index in [0.29, 0.717) is 36.5 Å². The second-order valence-corrected chi connectivity index (χ2v) is 6.70. The van der Waals surface area contributed by atoms with Crippen molar-refractivity contribution < 1.29 is 32.5 Å². The summed E-state index contributed by atoms with van der Waals surface area (Å²) in [5, 5.41) is 8.95.